The summed E-state index contributed by atoms with van der Waals surface area (Å²) in [5.41, 5.74) is -0.104. The van der Waals surface area contributed by atoms with Gasteiger partial charge in [-0.2, -0.15) is 0 Å². The van der Waals surface area contributed by atoms with Crippen molar-refractivity contribution in [1.29, 1.82) is 0 Å². The predicted molar refractivity (Wildman–Crippen MR) is 122 cm³/mol. The van der Waals surface area contributed by atoms with E-state index in [-0.39, 0.29) is 29.9 Å². The second-order valence-corrected chi connectivity index (χ2v) is 8.69. The van der Waals surface area contributed by atoms with Crippen molar-refractivity contribution in [1.82, 2.24) is 15.1 Å². The van der Waals surface area contributed by atoms with Crippen molar-refractivity contribution in [2.24, 2.45) is 5.92 Å². The summed E-state index contributed by atoms with van der Waals surface area (Å²) in [6, 6.07) is 12.1. The van der Waals surface area contributed by atoms with Crippen molar-refractivity contribution in [3.63, 3.8) is 0 Å². The highest BCUT2D eigenvalue weighted by molar-refractivity contribution is 5.97. The Morgan fingerprint density at radius 2 is 1.56 bits per heavy atom. The summed E-state index contributed by atoms with van der Waals surface area (Å²) in [6.07, 6.45) is -0.736. The number of piperazine rings is 1. The maximum Gasteiger partial charge on any atom is 0.267 e. The number of hydrogen-bond acceptors (Lipinski definition) is 5. The molecule has 8 nitrogen and oxygen atoms in total. The number of carbonyl (C=O) groups excluding carboxylic acids is 3. The predicted octanol–water partition coefficient (Wildman–Crippen LogP) is 2.09. The van der Waals surface area contributed by atoms with Crippen LogP contribution in [-0.4, -0.2) is 72.5 Å². The molecule has 0 radical (unpaired) electrons. The third-order valence-corrected chi connectivity index (χ3v) is 6.02. The third kappa shape index (κ3) is 4.98. The van der Waals surface area contributed by atoms with Crippen LogP contribution in [0.1, 0.15) is 24.2 Å². The number of para-hydroxylation sites is 2. The Labute approximate surface area is 197 Å². The summed E-state index contributed by atoms with van der Waals surface area (Å²) < 4.78 is 25.4. The molecular weight excluding hydrogens is 441 g/mol. The van der Waals surface area contributed by atoms with E-state index in [0.717, 1.165) is 0 Å². The zero-order valence-corrected chi connectivity index (χ0v) is 19.2. The van der Waals surface area contributed by atoms with Crippen LogP contribution in [0.15, 0.2) is 48.5 Å². The highest BCUT2D eigenvalue weighted by Gasteiger charge is 2.35. The molecule has 0 saturated carbocycles. The Morgan fingerprint density at radius 3 is 2.24 bits per heavy atom. The van der Waals surface area contributed by atoms with Gasteiger partial charge in [-0.25, -0.2) is 4.39 Å². The Kier molecular flexibility index (Phi) is 7.00. The molecule has 0 aliphatic carbocycles. The topological polar surface area (TPSA) is 88.2 Å². The molecule has 3 amide bonds. The van der Waals surface area contributed by atoms with Gasteiger partial charge in [-0.1, -0.05) is 38.1 Å². The lowest BCUT2D eigenvalue weighted by Gasteiger charge is -2.38. The van der Waals surface area contributed by atoms with Gasteiger partial charge in [-0.15, -0.1) is 0 Å². The van der Waals surface area contributed by atoms with Crippen LogP contribution in [0.25, 0.3) is 0 Å². The molecule has 4 rings (SSSR count). The minimum absolute atomic E-state index is 0.104. The van der Waals surface area contributed by atoms with Gasteiger partial charge in [0, 0.05) is 26.2 Å². The molecule has 180 valence electrons. The average Bonchev–Trinajstić information content (AvgIpc) is 2.86. The van der Waals surface area contributed by atoms with E-state index in [0.29, 0.717) is 37.7 Å². The van der Waals surface area contributed by atoms with E-state index in [1.54, 1.807) is 28.0 Å². The smallest absolute Gasteiger partial charge is 0.267 e. The molecule has 2 heterocycles. The first-order chi connectivity index (χ1) is 16.3. The monoisotopic (exact) mass is 469 g/mol. The fraction of sp³-hybridized carbons (Fsp3) is 0.400. The number of benzene rings is 2. The van der Waals surface area contributed by atoms with Crippen molar-refractivity contribution in [2.75, 3.05) is 32.8 Å². The lowest BCUT2D eigenvalue weighted by molar-refractivity contribution is -0.147. The lowest BCUT2D eigenvalue weighted by atomic mass is 10.0. The number of hydrogen-bond donors (Lipinski definition) is 1. The number of fused-ring (bicyclic) bond motifs is 1. The van der Waals surface area contributed by atoms with Gasteiger partial charge in [-0.05, 0) is 30.2 Å². The summed E-state index contributed by atoms with van der Waals surface area (Å²) in [7, 11) is 0. The number of carbonyl (C=O) groups is 3. The van der Waals surface area contributed by atoms with Crippen molar-refractivity contribution in [3.05, 3.63) is 59.9 Å². The van der Waals surface area contributed by atoms with Crippen LogP contribution in [-0.2, 0) is 9.59 Å². The number of nitrogens with zero attached hydrogens (tertiary/aromatic N) is 2. The Balaban J connectivity index is 1.34. The van der Waals surface area contributed by atoms with Gasteiger partial charge >= 0.3 is 0 Å². The van der Waals surface area contributed by atoms with Gasteiger partial charge in [0.15, 0.2) is 11.5 Å². The van der Waals surface area contributed by atoms with Crippen LogP contribution >= 0.6 is 0 Å². The number of halogens is 1. The average molecular weight is 470 g/mol. The highest BCUT2D eigenvalue weighted by atomic mass is 19.1. The van der Waals surface area contributed by atoms with Crippen molar-refractivity contribution >= 4 is 17.7 Å². The maximum atomic E-state index is 14.0. The quantitative estimate of drug-likeness (QED) is 0.725. The fourth-order valence-corrected chi connectivity index (χ4v) is 4.07. The lowest BCUT2D eigenvalue weighted by Crippen LogP contribution is -2.59. The van der Waals surface area contributed by atoms with Crippen molar-refractivity contribution in [3.8, 4) is 11.5 Å². The maximum absolute atomic E-state index is 14.0. The summed E-state index contributed by atoms with van der Waals surface area (Å²) >= 11 is 0. The van der Waals surface area contributed by atoms with E-state index in [2.05, 4.69) is 5.32 Å². The molecular formula is C25H28FN3O5. The molecule has 0 bridgehead atoms. The normalized spacial score (nSPS) is 18.4. The van der Waals surface area contributed by atoms with Crippen LogP contribution < -0.4 is 14.8 Å². The van der Waals surface area contributed by atoms with Crippen LogP contribution in [0, 0.1) is 11.7 Å². The summed E-state index contributed by atoms with van der Waals surface area (Å²) in [4.78, 5) is 42.0. The van der Waals surface area contributed by atoms with Crippen molar-refractivity contribution in [2.45, 2.75) is 26.0 Å². The first kappa shape index (κ1) is 23.5. The molecule has 0 unspecified atom stereocenters. The van der Waals surface area contributed by atoms with Gasteiger partial charge in [0.2, 0.25) is 12.0 Å². The summed E-state index contributed by atoms with van der Waals surface area (Å²) in [6.45, 7) is 5.12. The number of ether oxygens (including phenoxy) is 2. The number of rotatable bonds is 5. The van der Waals surface area contributed by atoms with Crippen LogP contribution in [0.5, 0.6) is 11.5 Å². The molecule has 2 aliphatic rings. The minimum Gasteiger partial charge on any atom is -0.485 e. The summed E-state index contributed by atoms with van der Waals surface area (Å²) in [5, 5.41) is 2.68. The Bertz CT molecular complexity index is 1070. The SMILES string of the molecule is CC(C)[C@@H](NC(=O)c1ccccc1F)C(=O)N1CCN(C(=O)[C@@H]2COc3ccccc3O2)CC1. The molecule has 0 aromatic heterocycles. The van der Waals surface area contributed by atoms with Crippen LogP contribution in [0.2, 0.25) is 0 Å². The Morgan fingerprint density at radius 1 is 0.941 bits per heavy atom. The van der Waals surface area contributed by atoms with E-state index in [1.807, 2.05) is 26.0 Å². The van der Waals surface area contributed by atoms with Gasteiger partial charge in [0.1, 0.15) is 18.5 Å². The van der Waals surface area contributed by atoms with Crippen LogP contribution in [0.3, 0.4) is 0 Å². The molecule has 1 fully saturated rings. The van der Waals surface area contributed by atoms with Gasteiger partial charge in [-0.3, -0.25) is 14.4 Å². The standard InChI is InChI=1S/C25H28FN3O5/c1-16(2)22(27-23(30)17-7-3-4-8-18(17)26)25(32)29-13-11-28(12-14-29)24(31)21-15-33-19-9-5-6-10-20(19)34-21/h3-10,16,21-22H,11-15H2,1-2H3,(H,27,30)/t21-,22+/m0/s1. The fourth-order valence-electron chi connectivity index (χ4n) is 4.07. The molecule has 1 N–H and O–H groups in total. The molecule has 9 heteroatoms. The number of amides is 3. The second kappa shape index (κ2) is 10.1. The zero-order chi connectivity index (χ0) is 24.2. The van der Waals surface area contributed by atoms with Gasteiger partial charge < -0.3 is 24.6 Å². The molecule has 2 atom stereocenters. The largest absolute Gasteiger partial charge is 0.485 e. The van der Waals surface area contributed by atoms with E-state index in [4.69, 9.17) is 9.47 Å². The second-order valence-electron chi connectivity index (χ2n) is 8.69. The third-order valence-electron chi connectivity index (χ3n) is 6.02. The zero-order valence-electron chi connectivity index (χ0n) is 19.2. The van der Waals surface area contributed by atoms with E-state index < -0.39 is 23.9 Å². The first-order valence-electron chi connectivity index (χ1n) is 11.4. The van der Waals surface area contributed by atoms with E-state index >= 15 is 0 Å². The number of nitrogens with one attached hydrogen (secondary N) is 1. The molecule has 2 aliphatic heterocycles. The Hall–Kier alpha value is -3.62. The van der Waals surface area contributed by atoms with Crippen LogP contribution in [0.4, 0.5) is 4.39 Å². The molecule has 1 saturated heterocycles. The first-order valence-corrected chi connectivity index (χ1v) is 11.4. The molecule has 0 spiro atoms. The molecule has 2 aromatic carbocycles. The minimum atomic E-state index is -0.805. The highest BCUT2D eigenvalue weighted by Crippen LogP contribution is 2.31. The van der Waals surface area contributed by atoms with E-state index in [9.17, 15) is 18.8 Å². The molecule has 34 heavy (non-hydrogen) atoms. The van der Waals surface area contributed by atoms with E-state index in [1.165, 1.54) is 18.2 Å². The molecule has 2 aromatic rings. The van der Waals surface area contributed by atoms with Gasteiger partial charge in [0.25, 0.3) is 11.8 Å². The summed E-state index contributed by atoms with van der Waals surface area (Å²) in [5.74, 6) is -0.763. The van der Waals surface area contributed by atoms with Gasteiger partial charge in [0.05, 0.1) is 5.56 Å². The van der Waals surface area contributed by atoms with Crippen molar-refractivity contribution < 1.29 is 28.2 Å².